The van der Waals surface area contributed by atoms with Gasteiger partial charge in [-0.25, -0.2) is 0 Å². The van der Waals surface area contributed by atoms with Gasteiger partial charge in [0.2, 0.25) is 0 Å². The van der Waals surface area contributed by atoms with Gasteiger partial charge in [0.15, 0.2) is 0 Å². The molecular weight excluding hydrogens is 188 g/mol. The molecule has 13 heavy (non-hydrogen) atoms. The Kier molecular flexibility index (Phi) is 3.31. The Hall–Kier alpha value is -1.03. The molecule has 0 amide bonds. The maximum absolute atomic E-state index is 11.2. The molecule has 0 bridgehead atoms. The summed E-state index contributed by atoms with van der Waals surface area (Å²) in [7, 11) is 2.10. The van der Waals surface area contributed by atoms with Crippen LogP contribution in [0.4, 0.5) is 0 Å². The third-order valence-electron chi connectivity index (χ3n) is 1.68. The van der Waals surface area contributed by atoms with Crippen LogP contribution in [0.5, 0.6) is 11.5 Å². The lowest BCUT2D eigenvalue weighted by Crippen LogP contribution is -1.94. The summed E-state index contributed by atoms with van der Waals surface area (Å²) in [4.78, 5) is 0.684. The number of methoxy groups -OCH3 is 2. The predicted octanol–water partition coefficient (Wildman–Crippen LogP) is 1.44. The third-order valence-corrected chi connectivity index (χ3v) is 2.64. The van der Waals surface area contributed by atoms with Crippen molar-refractivity contribution in [3.63, 3.8) is 0 Å². The van der Waals surface area contributed by atoms with E-state index in [-0.39, 0.29) is 0 Å². The van der Waals surface area contributed by atoms with Crippen molar-refractivity contribution in [3.05, 3.63) is 18.2 Å². The summed E-state index contributed by atoms with van der Waals surface area (Å²) < 4.78 is 21.3. The van der Waals surface area contributed by atoms with Crippen molar-refractivity contribution in [2.24, 2.45) is 0 Å². The van der Waals surface area contributed by atoms with Crippen LogP contribution in [0.3, 0.4) is 0 Å². The lowest BCUT2D eigenvalue weighted by Gasteiger charge is -2.07. The van der Waals surface area contributed by atoms with Crippen molar-refractivity contribution in [3.8, 4) is 11.5 Å². The van der Waals surface area contributed by atoms with E-state index in [1.165, 1.54) is 0 Å². The zero-order chi connectivity index (χ0) is 9.84. The molecule has 1 aromatic carbocycles. The van der Waals surface area contributed by atoms with E-state index >= 15 is 0 Å². The van der Waals surface area contributed by atoms with Crippen LogP contribution in [-0.2, 0) is 10.8 Å². The van der Waals surface area contributed by atoms with Gasteiger partial charge >= 0.3 is 0 Å². The molecule has 72 valence electrons. The molecule has 0 heterocycles. The van der Waals surface area contributed by atoms with Crippen LogP contribution < -0.4 is 9.47 Å². The van der Waals surface area contributed by atoms with Gasteiger partial charge in [-0.05, 0) is 12.1 Å². The van der Waals surface area contributed by atoms with Crippen LogP contribution in [0.25, 0.3) is 0 Å². The molecule has 0 aliphatic rings. The van der Waals surface area contributed by atoms with E-state index in [9.17, 15) is 4.21 Å². The number of ether oxygens (including phenoxy) is 2. The summed E-state index contributed by atoms with van der Waals surface area (Å²) in [5.74, 6) is 1.30. The summed E-state index contributed by atoms with van der Waals surface area (Å²) >= 11 is 0. The van der Waals surface area contributed by atoms with Gasteiger partial charge in [0, 0.05) is 12.3 Å². The Bertz CT molecular complexity index is 323. The van der Waals surface area contributed by atoms with Crippen LogP contribution in [0.1, 0.15) is 0 Å². The van der Waals surface area contributed by atoms with Crippen molar-refractivity contribution in [2.45, 2.75) is 4.90 Å². The highest BCUT2D eigenvalue weighted by Gasteiger charge is 2.07. The summed E-state index contributed by atoms with van der Waals surface area (Å²) in [5, 5.41) is 0. The minimum Gasteiger partial charge on any atom is -0.497 e. The average Bonchev–Trinajstić information content (AvgIpc) is 2.16. The minimum atomic E-state index is -1.03. The number of rotatable bonds is 3. The van der Waals surface area contributed by atoms with Crippen LogP contribution in [0.15, 0.2) is 23.1 Å². The van der Waals surface area contributed by atoms with Crippen LogP contribution in [0, 0.1) is 0 Å². The molecule has 3 nitrogen and oxygen atoms in total. The molecule has 1 rings (SSSR count). The molecule has 0 spiro atoms. The predicted molar refractivity (Wildman–Crippen MR) is 51.9 cm³/mol. The smallest absolute Gasteiger partial charge is 0.138 e. The van der Waals surface area contributed by atoms with E-state index in [0.29, 0.717) is 16.4 Å². The average molecular weight is 200 g/mol. The molecule has 1 unspecified atom stereocenters. The summed E-state index contributed by atoms with van der Waals surface area (Å²) in [6.45, 7) is 0. The molecule has 0 fully saturated rings. The van der Waals surface area contributed by atoms with E-state index in [1.54, 1.807) is 38.7 Å². The summed E-state index contributed by atoms with van der Waals surface area (Å²) in [5.41, 5.74) is 0. The topological polar surface area (TPSA) is 35.5 Å². The van der Waals surface area contributed by atoms with Crippen LogP contribution in [-0.4, -0.2) is 24.7 Å². The lowest BCUT2D eigenvalue weighted by molar-refractivity contribution is 0.387. The fraction of sp³-hybridized carbons (Fsp3) is 0.333. The molecule has 0 saturated heterocycles. The van der Waals surface area contributed by atoms with Gasteiger partial charge < -0.3 is 9.47 Å². The first kappa shape index (κ1) is 10.1. The van der Waals surface area contributed by atoms with Gasteiger partial charge in [-0.1, -0.05) is 0 Å². The first-order chi connectivity index (χ1) is 6.19. The van der Waals surface area contributed by atoms with Gasteiger partial charge in [-0.3, -0.25) is 4.21 Å². The minimum absolute atomic E-state index is 0.597. The van der Waals surface area contributed by atoms with E-state index < -0.39 is 10.8 Å². The van der Waals surface area contributed by atoms with Crippen molar-refractivity contribution >= 4 is 10.8 Å². The standard InChI is InChI=1S/C9H12O3S/c1-11-7-4-5-9(13(3)10)8(6-7)12-2/h4-6H,1-3H3. The highest BCUT2D eigenvalue weighted by atomic mass is 32.2. The summed E-state index contributed by atoms with van der Waals surface area (Å²) in [6, 6.07) is 5.23. The van der Waals surface area contributed by atoms with Gasteiger partial charge in [0.1, 0.15) is 11.5 Å². The first-order valence-electron chi connectivity index (χ1n) is 3.74. The van der Waals surface area contributed by atoms with Gasteiger partial charge in [-0.2, -0.15) is 0 Å². The molecular formula is C9H12O3S. The Morgan fingerprint density at radius 2 is 1.92 bits per heavy atom. The second-order valence-corrected chi connectivity index (χ2v) is 3.82. The first-order valence-corrected chi connectivity index (χ1v) is 5.30. The maximum atomic E-state index is 11.2. The van der Waals surface area contributed by atoms with Crippen LogP contribution >= 0.6 is 0 Å². The molecule has 4 heteroatoms. The molecule has 0 saturated carbocycles. The number of benzene rings is 1. The largest absolute Gasteiger partial charge is 0.497 e. The number of hydrogen-bond acceptors (Lipinski definition) is 3. The Balaban J connectivity index is 3.15. The molecule has 1 aromatic rings. The van der Waals surface area contributed by atoms with Crippen molar-refractivity contribution < 1.29 is 13.7 Å². The Morgan fingerprint density at radius 3 is 2.38 bits per heavy atom. The van der Waals surface area contributed by atoms with Crippen molar-refractivity contribution in [1.82, 2.24) is 0 Å². The van der Waals surface area contributed by atoms with Gasteiger partial charge in [0.05, 0.1) is 29.9 Å². The highest BCUT2D eigenvalue weighted by Crippen LogP contribution is 2.26. The second-order valence-electron chi connectivity index (χ2n) is 2.47. The van der Waals surface area contributed by atoms with E-state index in [1.807, 2.05) is 0 Å². The van der Waals surface area contributed by atoms with Gasteiger partial charge in [-0.15, -0.1) is 0 Å². The molecule has 0 aromatic heterocycles. The Labute approximate surface area is 80.1 Å². The number of hydrogen-bond donors (Lipinski definition) is 0. The molecule has 1 atom stereocenters. The van der Waals surface area contributed by atoms with E-state index in [0.717, 1.165) is 0 Å². The van der Waals surface area contributed by atoms with Crippen LogP contribution in [0.2, 0.25) is 0 Å². The van der Waals surface area contributed by atoms with E-state index in [4.69, 9.17) is 9.47 Å². The molecule has 0 aliphatic heterocycles. The maximum Gasteiger partial charge on any atom is 0.138 e. The molecule has 0 aliphatic carbocycles. The zero-order valence-electron chi connectivity index (χ0n) is 7.87. The lowest BCUT2D eigenvalue weighted by atomic mass is 10.3. The zero-order valence-corrected chi connectivity index (χ0v) is 8.68. The van der Waals surface area contributed by atoms with Crippen molar-refractivity contribution in [2.75, 3.05) is 20.5 Å². The summed E-state index contributed by atoms with van der Waals surface area (Å²) in [6.07, 6.45) is 1.62. The fourth-order valence-electron chi connectivity index (χ4n) is 1.01. The quantitative estimate of drug-likeness (QED) is 0.740. The van der Waals surface area contributed by atoms with Crippen molar-refractivity contribution in [1.29, 1.82) is 0 Å². The monoisotopic (exact) mass is 200 g/mol. The Morgan fingerprint density at radius 1 is 1.23 bits per heavy atom. The van der Waals surface area contributed by atoms with Gasteiger partial charge in [0.25, 0.3) is 0 Å². The highest BCUT2D eigenvalue weighted by molar-refractivity contribution is 7.84. The van der Waals surface area contributed by atoms with E-state index in [2.05, 4.69) is 0 Å². The molecule has 0 N–H and O–H groups in total. The fourth-order valence-corrected chi connectivity index (χ4v) is 1.70. The third kappa shape index (κ3) is 2.21. The molecule has 0 radical (unpaired) electrons. The SMILES string of the molecule is COc1ccc(S(C)=O)c(OC)c1. The second kappa shape index (κ2) is 4.28. The normalized spacial score (nSPS) is 12.2.